The predicted octanol–water partition coefficient (Wildman–Crippen LogP) is 2.52. The van der Waals surface area contributed by atoms with Gasteiger partial charge in [0.1, 0.15) is 0 Å². The summed E-state index contributed by atoms with van der Waals surface area (Å²) in [6, 6.07) is 0. The van der Waals surface area contributed by atoms with Crippen LogP contribution in [0.5, 0.6) is 0 Å². The lowest BCUT2D eigenvalue weighted by molar-refractivity contribution is -0.131. The van der Waals surface area contributed by atoms with Crippen molar-refractivity contribution in [3.8, 4) is 0 Å². The SMILES string of the molecule is O=C(CC1CCSCC1)N1CCC(Br)C1. The molecule has 1 atom stereocenters. The Hall–Kier alpha value is 0.300. The minimum Gasteiger partial charge on any atom is -0.342 e. The van der Waals surface area contributed by atoms with Crippen molar-refractivity contribution in [2.45, 2.75) is 30.5 Å². The number of halogens is 1. The molecule has 0 saturated carbocycles. The lowest BCUT2D eigenvalue weighted by Gasteiger charge is -2.23. The third-order valence-corrected chi connectivity index (χ3v) is 5.08. The Morgan fingerprint density at radius 1 is 1.33 bits per heavy atom. The maximum absolute atomic E-state index is 12.0. The van der Waals surface area contributed by atoms with Crippen LogP contribution in [0.3, 0.4) is 0 Å². The highest BCUT2D eigenvalue weighted by Crippen LogP contribution is 2.27. The number of thioether (sulfide) groups is 1. The quantitative estimate of drug-likeness (QED) is 0.729. The van der Waals surface area contributed by atoms with Crippen molar-refractivity contribution in [3.05, 3.63) is 0 Å². The van der Waals surface area contributed by atoms with E-state index in [1.807, 2.05) is 16.7 Å². The number of nitrogens with zero attached hydrogens (tertiary/aromatic N) is 1. The molecule has 2 saturated heterocycles. The second-order valence-corrected chi connectivity index (χ2v) is 7.01. The third kappa shape index (κ3) is 3.38. The van der Waals surface area contributed by atoms with E-state index in [0.29, 0.717) is 16.7 Å². The van der Waals surface area contributed by atoms with Gasteiger partial charge in [0.2, 0.25) is 5.91 Å². The molecule has 0 spiro atoms. The summed E-state index contributed by atoms with van der Waals surface area (Å²) < 4.78 is 0. The fraction of sp³-hybridized carbons (Fsp3) is 0.909. The van der Waals surface area contributed by atoms with Crippen molar-refractivity contribution >= 4 is 33.6 Å². The Morgan fingerprint density at radius 2 is 2.07 bits per heavy atom. The van der Waals surface area contributed by atoms with Crippen LogP contribution < -0.4 is 0 Å². The normalized spacial score (nSPS) is 28.3. The third-order valence-electron chi connectivity index (χ3n) is 3.29. The van der Waals surface area contributed by atoms with E-state index in [9.17, 15) is 4.79 Å². The van der Waals surface area contributed by atoms with E-state index in [2.05, 4.69) is 15.9 Å². The zero-order valence-corrected chi connectivity index (χ0v) is 11.4. The summed E-state index contributed by atoms with van der Waals surface area (Å²) in [5.41, 5.74) is 0. The lowest BCUT2D eigenvalue weighted by Crippen LogP contribution is -2.31. The molecule has 0 aliphatic carbocycles. The molecule has 0 aromatic heterocycles. The topological polar surface area (TPSA) is 20.3 Å². The van der Waals surface area contributed by atoms with Gasteiger partial charge in [-0.2, -0.15) is 11.8 Å². The maximum Gasteiger partial charge on any atom is 0.222 e. The van der Waals surface area contributed by atoms with Crippen molar-refractivity contribution in [1.82, 2.24) is 4.90 Å². The summed E-state index contributed by atoms with van der Waals surface area (Å²) in [5, 5.41) is 0. The standard InChI is InChI=1S/C11H18BrNOS/c12-10-1-4-13(8-10)11(14)7-9-2-5-15-6-3-9/h9-10H,1-8H2. The molecule has 4 heteroatoms. The van der Waals surface area contributed by atoms with Crippen molar-refractivity contribution < 1.29 is 4.79 Å². The monoisotopic (exact) mass is 291 g/mol. The molecule has 0 aromatic carbocycles. The fourth-order valence-corrected chi connectivity index (χ4v) is 4.03. The van der Waals surface area contributed by atoms with Gasteiger partial charge in [0, 0.05) is 24.3 Å². The van der Waals surface area contributed by atoms with Crippen LogP contribution in [0.1, 0.15) is 25.7 Å². The first-order valence-corrected chi connectivity index (χ1v) is 7.82. The molecule has 0 N–H and O–H groups in total. The molecule has 2 heterocycles. The van der Waals surface area contributed by atoms with Crippen LogP contribution in [-0.4, -0.2) is 40.2 Å². The summed E-state index contributed by atoms with van der Waals surface area (Å²) in [5.74, 6) is 3.54. The van der Waals surface area contributed by atoms with Gasteiger partial charge >= 0.3 is 0 Å². The van der Waals surface area contributed by atoms with Crippen molar-refractivity contribution in [3.63, 3.8) is 0 Å². The number of hydrogen-bond acceptors (Lipinski definition) is 2. The molecule has 86 valence electrons. The van der Waals surface area contributed by atoms with E-state index >= 15 is 0 Å². The smallest absolute Gasteiger partial charge is 0.222 e. The van der Waals surface area contributed by atoms with E-state index < -0.39 is 0 Å². The Morgan fingerprint density at radius 3 is 2.67 bits per heavy atom. The van der Waals surface area contributed by atoms with E-state index in [0.717, 1.165) is 25.9 Å². The number of carbonyl (C=O) groups excluding carboxylic acids is 1. The van der Waals surface area contributed by atoms with Crippen LogP contribution in [0.25, 0.3) is 0 Å². The van der Waals surface area contributed by atoms with E-state index in [4.69, 9.17) is 0 Å². The molecule has 2 aliphatic heterocycles. The van der Waals surface area contributed by atoms with Crippen LogP contribution in [0, 0.1) is 5.92 Å². The maximum atomic E-state index is 12.0. The average Bonchev–Trinajstić information content (AvgIpc) is 2.66. The van der Waals surface area contributed by atoms with Gasteiger partial charge in [0.25, 0.3) is 0 Å². The molecule has 15 heavy (non-hydrogen) atoms. The summed E-state index contributed by atoms with van der Waals surface area (Å²) in [6.07, 6.45) is 4.39. The lowest BCUT2D eigenvalue weighted by atomic mass is 9.98. The van der Waals surface area contributed by atoms with Crippen LogP contribution >= 0.6 is 27.7 Å². The summed E-state index contributed by atoms with van der Waals surface area (Å²) in [4.78, 5) is 14.5. The van der Waals surface area contributed by atoms with Crippen molar-refractivity contribution in [1.29, 1.82) is 0 Å². The molecule has 0 aromatic rings. The second-order valence-electron chi connectivity index (χ2n) is 4.49. The predicted molar refractivity (Wildman–Crippen MR) is 68.6 cm³/mol. The summed E-state index contributed by atoms with van der Waals surface area (Å²) in [7, 11) is 0. The number of amides is 1. The minimum absolute atomic E-state index is 0.383. The zero-order valence-electron chi connectivity index (χ0n) is 8.95. The first kappa shape index (κ1) is 11.8. The van der Waals surface area contributed by atoms with Gasteiger partial charge in [-0.05, 0) is 36.7 Å². The minimum atomic E-state index is 0.383. The first-order valence-electron chi connectivity index (χ1n) is 5.75. The van der Waals surface area contributed by atoms with E-state index in [-0.39, 0.29) is 0 Å². The first-order chi connectivity index (χ1) is 7.25. The molecule has 1 unspecified atom stereocenters. The molecule has 0 bridgehead atoms. The summed E-state index contributed by atoms with van der Waals surface area (Å²) >= 11 is 5.60. The number of hydrogen-bond donors (Lipinski definition) is 0. The van der Waals surface area contributed by atoms with Gasteiger partial charge in [-0.3, -0.25) is 4.79 Å². The number of rotatable bonds is 2. The van der Waals surface area contributed by atoms with Crippen LogP contribution in [-0.2, 0) is 4.79 Å². The molecule has 0 radical (unpaired) electrons. The molecule has 1 amide bonds. The molecule has 2 rings (SSSR count). The van der Waals surface area contributed by atoms with Gasteiger partial charge in [0.15, 0.2) is 0 Å². The molecular weight excluding hydrogens is 274 g/mol. The zero-order chi connectivity index (χ0) is 10.7. The van der Waals surface area contributed by atoms with Gasteiger partial charge in [0.05, 0.1) is 0 Å². The Labute approximate surface area is 104 Å². The number of alkyl halides is 1. The largest absolute Gasteiger partial charge is 0.342 e. The van der Waals surface area contributed by atoms with Gasteiger partial charge in [-0.1, -0.05) is 15.9 Å². The van der Waals surface area contributed by atoms with Crippen LogP contribution in [0.15, 0.2) is 0 Å². The second kappa shape index (κ2) is 5.58. The van der Waals surface area contributed by atoms with Crippen molar-refractivity contribution in [2.24, 2.45) is 5.92 Å². The number of likely N-dealkylation sites (tertiary alicyclic amines) is 1. The highest BCUT2D eigenvalue weighted by molar-refractivity contribution is 9.09. The van der Waals surface area contributed by atoms with Gasteiger partial charge < -0.3 is 4.90 Å². The van der Waals surface area contributed by atoms with Crippen molar-refractivity contribution in [2.75, 3.05) is 24.6 Å². The highest BCUT2D eigenvalue weighted by atomic mass is 79.9. The van der Waals surface area contributed by atoms with E-state index in [1.54, 1.807) is 0 Å². The molecule has 2 nitrogen and oxygen atoms in total. The molecular formula is C11H18BrNOS. The average molecular weight is 292 g/mol. The Kier molecular flexibility index (Phi) is 4.38. The summed E-state index contributed by atoms with van der Waals surface area (Å²) in [6.45, 7) is 1.87. The van der Waals surface area contributed by atoms with Gasteiger partial charge in [-0.25, -0.2) is 0 Å². The Bertz CT molecular complexity index is 231. The van der Waals surface area contributed by atoms with Crippen LogP contribution in [0.2, 0.25) is 0 Å². The fourth-order valence-electron chi connectivity index (χ4n) is 2.27. The Balaban J connectivity index is 1.76. The van der Waals surface area contributed by atoms with Gasteiger partial charge in [-0.15, -0.1) is 0 Å². The van der Waals surface area contributed by atoms with Crippen LogP contribution in [0.4, 0.5) is 0 Å². The molecule has 2 aliphatic rings. The number of carbonyl (C=O) groups is 1. The van der Waals surface area contributed by atoms with E-state index in [1.165, 1.54) is 24.3 Å². The molecule has 2 fully saturated rings. The highest BCUT2D eigenvalue weighted by Gasteiger charge is 2.26.